The maximum absolute atomic E-state index is 13.0. The van der Waals surface area contributed by atoms with Gasteiger partial charge in [-0.15, -0.1) is 0 Å². The summed E-state index contributed by atoms with van der Waals surface area (Å²) in [7, 11) is 0. The molecule has 0 aromatic heterocycles. The Morgan fingerprint density at radius 2 is 1.56 bits per heavy atom. The van der Waals surface area contributed by atoms with Crippen LogP contribution in [0.4, 0.5) is 5.69 Å². The number of aliphatic imine (C=N–C) groups is 1. The van der Waals surface area contributed by atoms with Gasteiger partial charge in [0.05, 0.1) is 6.61 Å². The summed E-state index contributed by atoms with van der Waals surface area (Å²) in [6, 6.07) is 14.1. The van der Waals surface area contributed by atoms with Crippen LogP contribution in [0, 0.1) is 5.92 Å². The van der Waals surface area contributed by atoms with E-state index < -0.39 is 23.8 Å². The Bertz CT molecular complexity index is 1000. The quantitative estimate of drug-likeness (QED) is 0.541. The number of amides is 1. The van der Waals surface area contributed by atoms with E-state index in [-0.39, 0.29) is 6.61 Å². The number of benzene rings is 2. The second-order valence-corrected chi connectivity index (χ2v) is 8.49. The average molecular weight is 475 g/mol. The molecule has 0 spiro atoms. The molecule has 0 bridgehead atoms. The van der Waals surface area contributed by atoms with Gasteiger partial charge in [-0.1, -0.05) is 35.3 Å². The van der Waals surface area contributed by atoms with Crippen LogP contribution in [0.5, 0.6) is 0 Å². The van der Waals surface area contributed by atoms with Crippen LogP contribution in [0.2, 0.25) is 10.0 Å². The highest BCUT2D eigenvalue weighted by Gasteiger charge is 2.42. The van der Waals surface area contributed by atoms with E-state index in [1.807, 2.05) is 29.2 Å². The van der Waals surface area contributed by atoms with Gasteiger partial charge in [-0.25, -0.2) is 4.99 Å². The molecular weight excluding hydrogens is 451 g/mol. The first kappa shape index (κ1) is 22.4. The van der Waals surface area contributed by atoms with Crippen molar-refractivity contribution in [2.45, 2.75) is 13.0 Å². The minimum atomic E-state index is -1.05. The molecule has 9 heteroatoms. The molecule has 1 amide bonds. The fourth-order valence-corrected chi connectivity index (χ4v) is 4.21. The van der Waals surface area contributed by atoms with Gasteiger partial charge in [-0.2, -0.15) is 0 Å². The largest absolute Gasteiger partial charge is 0.465 e. The molecule has 2 aromatic rings. The van der Waals surface area contributed by atoms with Gasteiger partial charge in [0.25, 0.3) is 0 Å². The van der Waals surface area contributed by atoms with E-state index in [0.29, 0.717) is 29.1 Å². The highest BCUT2D eigenvalue weighted by Crippen LogP contribution is 2.32. The van der Waals surface area contributed by atoms with Crippen molar-refractivity contribution in [2.75, 3.05) is 37.7 Å². The van der Waals surface area contributed by atoms with E-state index in [4.69, 9.17) is 32.9 Å². The molecule has 0 saturated carbocycles. The minimum absolute atomic E-state index is 0.194. The molecule has 2 heterocycles. The molecule has 2 aromatic carbocycles. The number of nitrogens with zero attached hydrogens (tertiary/aromatic N) is 3. The number of halogens is 2. The van der Waals surface area contributed by atoms with E-state index >= 15 is 0 Å². The minimum Gasteiger partial charge on any atom is -0.465 e. The second-order valence-electron chi connectivity index (χ2n) is 7.62. The molecule has 168 valence electrons. The Morgan fingerprint density at radius 1 is 1.00 bits per heavy atom. The Kier molecular flexibility index (Phi) is 6.86. The van der Waals surface area contributed by atoms with Crippen molar-refractivity contribution in [3.63, 3.8) is 0 Å². The summed E-state index contributed by atoms with van der Waals surface area (Å²) in [5.74, 6) is -1.56. The van der Waals surface area contributed by atoms with Crippen molar-refractivity contribution in [1.82, 2.24) is 10.2 Å². The fraction of sp³-hybridized carbons (Fsp3) is 0.348. The van der Waals surface area contributed by atoms with Gasteiger partial charge in [0.15, 0.2) is 5.92 Å². The summed E-state index contributed by atoms with van der Waals surface area (Å²) in [6.45, 7) is 4.80. The smallest absolute Gasteiger partial charge is 0.321 e. The summed E-state index contributed by atoms with van der Waals surface area (Å²) < 4.78 is 5.15. The second kappa shape index (κ2) is 9.79. The number of guanidine groups is 1. The predicted molar refractivity (Wildman–Crippen MR) is 125 cm³/mol. The van der Waals surface area contributed by atoms with E-state index in [1.54, 1.807) is 31.2 Å². The zero-order chi connectivity index (χ0) is 22.7. The monoisotopic (exact) mass is 474 g/mol. The summed E-state index contributed by atoms with van der Waals surface area (Å²) in [5.41, 5.74) is 1.84. The molecule has 7 nitrogen and oxygen atoms in total. The number of hydrogen-bond donors (Lipinski definition) is 1. The fourth-order valence-electron chi connectivity index (χ4n) is 3.95. The van der Waals surface area contributed by atoms with Gasteiger partial charge in [0.2, 0.25) is 11.9 Å². The van der Waals surface area contributed by atoms with Gasteiger partial charge in [0, 0.05) is 41.9 Å². The van der Waals surface area contributed by atoms with Gasteiger partial charge in [-0.3, -0.25) is 14.9 Å². The molecule has 4 rings (SSSR count). The van der Waals surface area contributed by atoms with Gasteiger partial charge >= 0.3 is 5.97 Å². The maximum Gasteiger partial charge on any atom is 0.321 e. The summed E-state index contributed by atoms with van der Waals surface area (Å²) in [4.78, 5) is 34.6. The first-order chi connectivity index (χ1) is 15.5. The van der Waals surface area contributed by atoms with Crippen LogP contribution in [0.25, 0.3) is 0 Å². The number of hydrogen-bond acceptors (Lipinski definition) is 6. The lowest BCUT2D eigenvalue weighted by molar-refractivity contribution is -0.153. The molecule has 1 saturated heterocycles. The highest BCUT2D eigenvalue weighted by molar-refractivity contribution is 6.30. The average Bonchev–Trinajstić information content (AvgIpc) is 2.80. The number of piperazine rings is 1. The van der Waals surface area contributed by atoms with E-state index in [9.17, 15) is 9.59 Å². The van der Waals surface area contributed by atoms with Crippen LogP contribution in [-0.4, -0.2) is 55.5 Å². The van der Waals surface area contributed by atoms with E-state index in [0.717, 1.165) is 24.3 Å². The lowest BCUT2D eigenvalue weighted by atomic mass is 9.91. The molecule has 2 unspecified atom stereocenters. The van der Waals surface area contributed by atoms with Crippen LogP contribution in [0.15, 0.2) is 53.5 Å². The molecule has 2 atom stereocenters. The SMILES string of the molecule is CCOC(=O)C1C(=O)NC(N2CCN(c3ccc(Cl)cc3)CC2)=NC1c1ccc(Cl)cc1. The van der Waals surface area contributed by atoms with Crippen LogP contribution in [0.1, 0.15) is 18.5 Å². The molecule has 32 heavy (non-hydrogen) atoms. The third-order valence-electron chi connectivity index (χ3n) is 5.62. The van der Waals surface area contributed by atoms with Crippen LogP contribution in [0.3, 0.4) is 0 Å². The van der Waals surface area contributed by atoms with E-state index in [2.05, 4.69) is 10.2 Å². The van der Waals surface area contributed by atoms with Gasteiger partial charge in [0.1, 0.15) is 6.04 Å². The number of nitrogens with one attached hydrogen (secondary N) is 1. The molecule has 2 aliphatic rings. The summed E-state index contributed by atoms with van der Waals surface area (Å²) in [5, 5.41) is 4.10. The topological polar surface area (TPSA) is 74.2 Å². The van der Waals surface area contributed by atoms with Crippen molar-refractivity contribution in [3.8, 4) is 0 Å². The third-order valence-corrected chi connectivity index (χ3v) is 6.12. The van der Waals surface area contributed by atoms with Crippen LogP contribution < -0.4 is 10.2 Å². The number of carbonyl (C=O) groups excluding carboxylic acids is 2. The van der Waals surface area contributed by atoms with Crippen molar-refractivity contribution >= 4 is 46.7 Å². The Morgan fingerprint density at radius 3 is 2.16 bits per heavy atom. The number of ether oxygens (including phenoxy) is 1. The van der Waals surface area contributed by atoms with Crippen molar-refractivity contribution in [3.05, 3.63) is 64.1 Å². The lowest BCUT2D eigenvalue weighted by Crippen LogP contribution is -2.57. The maximum atomic E-state index is 13.0. The molecule has 1 fully saturated rings. The zero-order valence-electron chi connectivity index (χ0n) is 17.6. The Labute approximate surface area is 196 Å². The summed E-state index contributed by atoms with van der Waals surface area (Å²) >= 11 is 12.0. The van der Waals surface area contributed by atoms with Crippen molar-refractivity contribution < 1.29 is 14.3 Å². The Hall–Kier alpha value is -2.77. The molecule has 0 radical (unpaired) electrons. The Balaban J connectivity index is 1.55. The van der Waals surface area contributed by atoms with Crippen molar-refractivity contribution in [1.29, 1.82) is 0 Å². The molecular formula is C23H24Cl2N4O3. The standard InChI is InChI=1S/C23H24Cl2N4O3/c1-2-32-22(31)19-20(15-3-5-16(24)6-4-15)26-23(27-21(19)30)29-13-11-28(12-14-29)18-9-7-17(25)8-10-18/h3-10,19-20H,2,11-14H2,1H3,(H,26,27,30). The molecule has 0 aliphatic carbocycles. The van der Waals surface area contributed by atoms with Crippen LogP contribution in [-0.2, 0) is 14.3 Å². The normalized spacial score (nSPS) is 21.1. The summed E-state index contributed by atoms with van der Waals surface area (Å²) in [6.07, 6.45) is 0. The number of anilines is 1. The first-order valence-electron chi connectivity index (χ1n) is 10.5. The van der Waals surface area contributed by atoms with Gasteiger partial charge in [-0.05, 0) is 48.9 Å². The first-order valence-corrected chi connectivity index (χ1v) is 11.3. The predicted octanol–water partition coefficient (Wildman–Crippen LogP) is 3.52. The van der Waals surface area contributed by atoms with E-state index in [1.165, 1.54) is 0 Å². The number of rotatable bonds is 4. The molecule has 2 aliphatic heterocycles. The highest BCUT2D eigenvalue weighted by atomic mass is 35.5. The van der Waals surface area contributed by atoms with Crippen LogP contribution >= 0.6 is 23.2 Å². The number of esters is 1. The van der Waals surface area contributed by atoms with Gasteiger partial charge < -0.3 is 14.5 Å². The number of carbonyl (C=O) groups is 2. The third kappa shape index (κ3) is 4.84. The lowest BCUT2D eigenvalue weighted by Gasteiger charge is -2.39. The zero-order valence-corrected chi connectivity index (χ0v) is 19.1. The molecule has 1 N–H and O–H groups in total. The van der Waals surface area contributed by atoms with Crippen molar-refractivity contribution in [2.24, 2.45) is 10.9 Å².